The SMILES string of the molecule is CCN(Cc1ccccc1)C(=O)CNC(=O)C1CCCO1. The van der Waals surface area contributed by atoms with E-state index in [0.29, 0.717) is 19.7 Å². The van der Waals surface area contributed by atoms with Gasteiger partial charge in [0.15, 0.2) is 0 Å². The number of ether oxygens (including phenoxy) is 1. The Balaban J connectivity index is 1.81. The first-order chi connectivity index (χ1) is 10.2. The maximum Gasteiger partial charge on any atom is 0.249 e. The maximum atomic E-state index is 12.2. The van der Waals surface area contributed by atoms with Gasteiger partial charge in [0.25, 0.3) is 0 Å². The van der Waals surface area contributed by atoms with Crippen LogP contribution in [-0.2, 0) is 20.9 Å². The fourth-order valence-electron chi connectivity index (χ4n) is 2.35. The zero-order valence-corrected chi connectivity index (χ0v) is 12.4. The summed E-state index contributed by atoms with van der Waals surface area (Å²) in [6, 6.07) is 9.82. The fraction of sp³-hybridized carbons (Fsp3) is 0.500. The summed E-state index contributed by atoms with van der Waals surface area (Å²) < 4.78 is 5.29. The lowest BCUT2D eigenvalue weighted by molar-refractivity contribution is -0.136. The normalized spacial score (nSPS) is 17.5. The number of amides is 2. The van der Waals surface area contributed by atoms with Crippen molar-refractivity contribution in [2.45, 2.75) is 32.4 Å². The van der Waals surface area contributed by atoms with Crippen molar-refractivity contribution in [1.29, 1.82) is 0 Å². The van der Waals surface area contributed by atoms with Crippen molar-refractivity contribution >= 4 is 11.8 Å². The Morgan fingerprint density at radius 2 is 2.10 bits per heavy atom. The van der Waals surface area contributed by atoms with Crippen molar-refractivity contribution in [2.75, 3.05) is 19.7 Å². The molecular formula is C16H22N2O3. The van der Waals surface area contributed by atoms with Crippen LogP contribution in [0.3, 0.4) is 0 Å². The molecule has 1 unspecified atom stereocenters. The second-order valence-corrected chi connectivity index (χ2v) is 5.11. The molecule has 1 heterocycles. The van der Waals surface area contributed by atoms with Crippen molar-refractivity contribution in [3.63, 3.8) is 0 Å². The van der Waals surface area contributed by atoms with Gasteiger partial charge in [0.1, 0.15) is 6.10 Å². The molecule has 5 nitrogen and oxygen atoms in total. The van der Waals surface area contributed by atoms with E-state index in [4.69, 9.17) is 4.74 Å². The highest BCUT2D eigenvalue weighted by Crippen LogP contribution is 2.11. The van der Waals surface area contributed by atoms with E-state index in [9.17, 15) is 9.59 Å². The quantitative estimate of drug-likeness (QED) is 0.860. The molecular weight excluding hydrogens is 268 g/mol. The minimum atomic E-state index is -0.387. The number of benzene rings is 1. The molecule has 0 aromatic heterocycles. The Bertz CT molecular complexity index is 470. The Hall–Kier alpha value is -1.88. The Labute approximate surface area is 125 Å². The molecule has 1 aliphatic heterocycles. The summed E-state index contributed by atoms with van der Waals surface area (Å²) in [4.78, 5) is 25.7. The summed E-state index contributed by atoms with van der Waals surface area (Å²) >= 11 is 0. The number of nitrogens with one attached hydrogen (secondary N) is 1. The largest absolute Gasteiger partial charge is 0.368 e. The minimum absolute atomic E-state index is 0.0271. The summed E-state index contributed by atoms with van der Waals surface area (Å²) in [5, 5.41) is 2.67. The van der Waals surface area contributed by atoms with Crippen LogP contribution in [0.15, 0.2) is 30.3 Å². The highest BCUT2D eigenvalue weighted by atomic mass is 16.5. The van der Waals surface area contributed by atoms with Gasteiger partial charge in [-0.25, -0.2) is 0 Å². The molecule has 0 radical (unpaired) electrons. The van der Waals surface area contributed by atoms with Gasteiger partial charge < -0.3 is 15.0 Å². The van der Waals surface area contributed by atoms with Crippen LogP contribution in [0.1, 0.15) is 25.3 Å². The van der Waals surface area contributed by atoms with Crippen molar-refractivity contribution in [2.24, 2.45) is 0 Å². The van der Waals surface area contributed by atoms with Crippen LogP contribution >= 0.6 is 0 Å². The predicted octanol–water partition coefficient (Wildman–Crippen LogP) is 1.33. The van der Waals surface area contributed by atoms with Gasteiger partial charge >= 0.3 is 0 Å². The molecule has 1 aromatic carbocycles. The van der Waals surface area contributed by atoms with E-state index in [0.717, 1.165) is 18.4 Å². The number of carbonyl (C=O) groups excluding carboxylic acids is 2. The third-order valence-corrected chi connectivity index (χ3v) is 3.59. The van der Waals surface area contributed by atoms with Gasteiger partial charge in [0.05, 0.1) is 6.54 Å². The van der Waals surface area contributed by atoms with Crippen LogP contribution in [0.4, 0.5) is 0 Å². The lowest BCUT2D eigenvalue weighted by atomic mass is 10.2. The molecule has 1 aromatic rings. The minimum Gasteiger partial charge on any atom is -0.368 e. The fourth-order valence-corrected chi connectivity index (χ4v) is 2.35. The van der Waals surface area contributed by atoms with E-state index in [1.54, 1.807) is 4.90 Å². The lowest BCUT2D eigenvalue weighted by Gasteiger charge is -2.21. The highest BCUT2D eigenvalue weighted by Gasteiger charge is 2.24. The van der Waals surface area contributed by atoms with Crippen molar-refractivity contribution in [3.05, 3.63) is 35.9 Å². The molecule has 2 rings (SSSR count). The first kappa shape index (κ1) is 15.5. The van der Waals surface area contributed by atoms with Crippen LogP contribution in [0.25, 0.3) is 0 Å². The summed E-state index contributed by atoms with van der Waals surface area (Å²) in [5.41, 5.74) is 1.08. The first-order valence-electron chi connectivity index (χ1n) is 7.41. The van der Waals surface area contributed by atoms with Crippen molar-refractivity contribution in [1.82, 2.24) is 10.2 Å². The van der Waals surface area contributed by atoms with Crippen molar-refractivity contribution < 1.29 is 14.3 Å². The topological polar surface area (TPSA) is 58.6 Å². The smallest absolute Gasteiger partial charge is 0.249 e. The molecule has 1 fully saturated rings. The Kier molecular flexibility index (Phi) is 5.75. The molecule has 5 heteroatoms. The number of nitrogens with zero attached hydrogens (tertiary/aromatic N) is 1. The van der Waals surface area contributed by atoms with E-state index in [1.165, 1.54) is 0 Å². The number of hydrogen-bond donors (Lipinski definition) is 1. The Morgan fingerprint density at radius 1 is 1.33 bits per heavy atom. The number of likely N-dealkylation sites (N-methyl/N-ethyl adjacent to an activating group) is 1. The van der Waals surface area contributed by atoms with E-state index < -0.39 is 0 Å². The molecule has 0 aliphatic carbocycles. The number of hydrogen-bond acceptors (Lipinski definition) is 3. The average molecular weight is 290 g/mol. The van der Waals surface area contributed by atoms with E-state index >= 15 is 0 Å². The van der Waals surface area contributed by atoms with E-state index in [-0.39, 0.29) is 24.5 Å². The van der Waals surface area contributed by atoms with Gasteiger partial charge in [-0.15, -0.1) is 0 Å². The summed E-state index contributed by atoms with van der Waals surface area (Å²) in [6.45, 7) is 3.76. The third kappa shape index (κ3) is 4.56. The second-order valence-electron chi connectivity index (χ2n) is 5.11. The lowest BCUT2D eigenvalue weighted by Crippen LogP contribution is -2.43. The molecule has 2 amide bonds. The molecule has 1 atom stereocenters. The van der Waals surface area contributed by atoms with Crippen LogP contribution < -0.4 is 5.32 Å². The zero-order chi connectivity index (χ0) is 15.1. The first-order valence-corrected chi connectivity index (χ1v) is 7.41. The molecule has 114 valence electrons. The molecule has 21 heavy (non-hydrogen) atoms. The zero-order valence-electron chi connectivity index (χ0n) is 12.4. The van der Waals surface area contributed by atoms with Gasteiger partial charge in [0, 0.05) is 19.7 Å². The summed E-state index contributed by atoms with van der Waals surface area (Å²) in [5.74, 6) is -0.260. The van der Waals surface area contributed by atoms with Gasteiger partial charge in [-0.1, -0.05) is 30.3 Å². The maximum absolute atomic E-state index is 12.2. The summed E-state index contributed by atoms with van der Waals surface area (Å²) in [6.07, 6.45) is 1.25. The molecule has 0 bridgehead atoms. The molecule has 0 spiro atoms. The van der Waals surface area contributed by atoms with E-state index in [2.05, 4.69) is 5.32 Å². The van der Waals surface area contributed by atoms with E-state index in [1.807, 2.05) is 37.3 Å². The standard InChI is InChI=1S/C16H22N2O3/c1-2-18(12-13-7-4-3-5-8-13)15(19)11-17-16(20)14-9-6-10-21-14/h3-5,7-8,14H,2,6,9-12H2,1H3,(H,17,20). The number of rotatable bonds is 6. The van der Waals surface area contributed by atoms with Gasteiger partial charge in [0.2, 0.25) is 11.8 Å². The predicted molar refractivity (Wildman–Crippen MR) is 79.5 cm³/mol. The molecule has 1 aliphatic rings. The van der Waals surface area contributed by atoms with Crippen molar-refractivity contribution in [3.8, 4) is 0 Å². The highest BCUT2D eigenvalue weighted by molar-refractivity contribution is 5.87. The average Bonchev–Trinajstić information content (AvgIpc) is 3.05. The molecule has 0 saturated carbocycles. The monoisotopic (exact) mass is 290 g/mol. The van der Waals surface area contributed by atoms with Crippen LogP contribution in [0.5, 0.6) is 0 Å². The van der Waals surface area contributed by atoms with Crippen LogP contribution in [0, 0.1) is 0 Å². The summed E-state index contributed by atoms with van der Waals surface area (Å²) in [7, 11) is 0. The number of carbonyl (C=O) groups is 2. The second kappa shape index (κ2) is 7.78. The molecule has 1 saturated heterocycles. The third-order valence-electron chi connectivity index (χ3n) is 3.59. The van der Waals surface area contributed by atoms with Crippen LogP contribution in [0.2, 0.25) is 0 Å². The van der Waals surface area contributed by atoms with Gasteiger partial charge in [-0.3, -0.25) is 9.59 Å². The van der Waals surface area contributed by atoms with Crippen LogP contribution in [-0.4, -0.2) is 42.5 Å². The Morgan fingerprint density at radius 3 is 2.71 bits per heavy atom. The van der Waals surface area contributed by atoms with Gasteiger partial charge in [-0.2, -0.15) is 0 Å². The van der Waals surface area contributed by atoms with Gasteiger partial charge in [-0.05, 0) is 25.3 Å². The molecule has 1 N–H and O–H groups in total.